The van der Waals surface area contributed by atoms with Gasteiger partial charge >= 0.3 is 11.9 Å². The molecule has 6 nitrogen and oxygen atoms in total. The van der Waals surface area contributed by atoms with Crippen LogP contribution in [0, 0.1) is 5.92 Å². The molecule has 0 heterocycles. The number of unbranched alkanes of at least 4 members (excludes halogenated alkanes) is 3. The summed E-state index contributed by atoms with van der Waals surface area (Å²) < 4.78 is 10.1. The Labute approximate surface area is 177 Å². The van der Waals surface area contributed by atoms with Crippen LogP contribution >= 0.6 is 0 Å². The molecule has 1 aliphatic rings. The van der Waals surface area contributed by atoms with Crippen LogP contribution in [0.4, 0.5) is 0 Å². The van der Waals surface area contributed by atoms with E-state index in [0.717, 1.165) is 38.5 Å². The van der Waals surface area contributed by atoms with Crippen molar-refractivity contribution >= 4 is 11.9 Å². The quantitative estimate of drug-likeness (QED) is 0.310. The van der Waals surface area contributed by atoms with Gasteiger partial charge in [-0.2, -0.15) is 0 Å². The molecule has 170 valence electrons. The van der Waals surface area contributed by atoms with Crippen LogP contribution in [0.15, 0.2) is 0 Å². The molecule has 0 spiro atoms. The fourth-order valence-corrected chi connectivity index (χ4v) is 4.18. The minimum absolute atomic E-state index is 0.136. The summed E-state index contributed by atoms with van der Waals surface area (Å²) in [6, 6.07) is -0.331. The molecule has 29 heavy (non-hydrogen) atoms. The zero-order valence-corrected chi connectivity index (χ0v) is 18.8. The van der Waals surface area contributed by atoms with Gasteiger partial charge < -0.3 is 19.9 Å². The van der Waals surface area contributed by atoms with E-state index in [2.05, 4.69) is 5.32 Å². The lowest BCUT2D eigenvalue weighted by molar-refractivity contribution is -0.146. The molecule has 0 aliphatic heterocycles. The summed E-state index contributed by atoms with van der Waals surface area (Å²) in [6.07, 6.45) is 11.3. The van der Waals surface area contributed by atoms with Crippen LogP contribution in [-0.2, 0) is 19.1 Å². The van der Waals surface area contributed by atoms with Gasteiger partial charge in [-0.05, 0) is 65.3 Å². The third kappa shape index (κ3) is 11.0. The molecule has 2 atom stereocenters. The van der Waals surface area contributed by atoms with Gasteiger partial charge in [0, 0.05) is 6.42 Å². The standard InChI is InChI=1S/C23H43NO5/c1-4-28-21(25)16-12-7-6-11-15-20(22(26)29-5-2)24-18-17-23(3,27)19-13-9-8-10-14-19/h19-20,24,27H,4-18H2,1-3H3. The Morgan fingerprint density at radius 2 is 1.69 bits per heavy atom. The van der Waals surface area contributed by atoms with Gasteiger partial charge in [0.1, 0.15) is 6.04 Å². The van der Waals surface area contributed by atoms with E-state index in [-0.39, 0.29) is 18.0 Å². The maximum Gasteiger partial charge on any atom is 0.323 e. The van der Waals surface area contributed by atoms with Crippen molar-refractivity contribution in [3.63, 3.8) is 0 Å². The van der Waals surface area contributed by atoms with Crippen LogP contribution < -0.4 is 5.32 Å². The lowest BCUT2D eigenvalue weighted by Gasteiger charge is -2.36. The fraction of sp³-hybridized carbons (Fsp3) is 0.913. The molecule has 6 heteroatoms. The number of rotatable bonds is 15. The predicted molar refractivity (Wildman–Crippen MR) is 115 cm³/mol. The summed E-state index contributed by atoms with van der Waals surface area (Å²) >= 11 is 0. The Morgan fingerprint density at radius 1 is 1.03 bits per heavy atom. The second-order valence-electron chi connectivity index (χ2n) is 8.46. The van der Waals surface area contributed by atoms with Crippen molar-refractivity contribution in [2.24, 2.45) is 5.92 Å². The molecular weight excluding hydrogens is 370 g/mol. The number of carbonyl (C=O) groups is 2. The third-order valence-corrected chi connectivity index (χ3v) is 6.01. The van der Waals surface area contributed by atoms with Gasteiger partial charge in [0.15, 0.2) is 0 Å². The largest absolute Gasteiger partial charge is 0.466 e. The van der Waals surface area contributed by atoms with Gasteiger partial charge in [-0.3, -0.25) is 9.59 Å². The van der Waals surface area contributed by atoms with Crippen molar-refractivity contribution in [2.45, 2.75) is 109 Å². The summed E-state index contributed by atoms with van der Waals surface area (Å²) in [4.78, 5) is 23.6. The molecule has 0 radical (unpaired) electrons. The van der Waals surface area contributed by atoms with Crippen molar-refractivity contribution in [3.8, 4) is 0 Å². The molecule has 0 aromatic carbocycles. The molecule has 1 saturated carbocycles. The van der Waals surface area contributed by atoms with Gasteiger partial charge in [0.2, 0.25) is 0 Å². The summed E-state index contributed by atoms with van der Waals surface area (Å²) in [5.74, 6) is 0.0124. The van der Waals surface area contributed by atoms with Gasteiger partial charge in [-0.15, -0.1) is 0 Å². The monoisotopic (exact) mass is 413 g/mol. The van der Waals surface area contributed by atoms with Gasteiger partial charge in [-0.25, -0.2) is 0 Å². The lowest BCUT2D eigenvalue weighted by Crippen LogP contribution is -2.43. The molecular formula is C23H43NO5. The minimum atomic E-state index is -0.681. The van der Waals surface area contributed by atoms with Crippen LogP contribution in [0.5, 0.6) is 0 Å². The van der Waals surface area contributed by atoms with Crippen LogP contribution in [0.2, 0.25) is 0 Å². The molecule has 2 N–H and O–H groups in total. The first-order chi connectivity index (χ1) is 13.9. The Kier molecular flexibility index (Phi) is 13.2. The number of hydrogen-bond donors (Lipinski definition) is 2. The summed E-state index contributed by atoms with van der Waals surface area (Å²) in [5.41, 5.74) is -0.681. The highest BCUT2D eigenvalue weighted by Crippen LogP contribution is 2.34. The van der Waals surface area contributed by atoms with E-state index in [1.165, 1.54) is 19.3 Å². The molecule has 0 saturated heterocycles. The average Bonchev–Trinajstić information content (AvgIpc) is 2.70. The van der Waals surface area contributed by atoms with E-state index >= 15 is 0 Å². The van der Waals surface area contributed by atoms with Crippen LogP contribution in [0.25, 0.3) is 0 Å². The minimum Gasteiger partial charge on any atom is -0.466 e. The first kappa shape index (κ1) is 25.9. The van der Waals surface area contributed by atoms with Crippen molar-refractivity contribution in [1.82, 2.24) is 5.32 Å². The number of ether oxygens (including phenoxy) is 2. The van der Waals surface area contributed by atoms with Crippen molar-refractivity contribution < 1.29 is 24.2 Å². The van der Waals surface area contributed by atoms with Crippen molar-refractivity contribution in [2.75, 3.05) is 19.8 Å². The highest BCUT2D eigenvalue weighted by Gasteiger charge is 2.32. The highest BCUT2D eigenvalue weighted by atomic mass is 16.5. The Bertz CT molecular complexity index is 460. The molecule has 0 bridgehead atoms. The second kappa shape index (κ2) is 14.8. The fourth-order valence-electron chi connectivity index (χ4n) is 4.18. The van der Waals surface area contributed by atoms with Crippen LogP contribution in [0.1, 0.15) is 97.8 Å². The van der Waals surface area contributed by atoms with Crippen molar-refractivity contribution in [3.05, 3.63) is 0 Å². The zero-order chi connectivity index (χ0) is 21.5. The van der Waals surface area contributed by atoms with Crippen molar-refractivity contribution in [1.29, 1.82) is 0 Å². The Balaban J connectivity index is 2.32. The highest BCUT2D eigenvalue weighted by molar-refractivity contribution is 5.75. The van der Waals surface area contributed by atoms with Gasteiger partial charge in [0.05, 0.1) is 18.8 Å². The maximum absolute atomic E-state index is 12.3. The normalized spacial score (nSPS) is 18.1. The number of carbonyl (C=O) groups excluding carboxylic acids is 2. The topological polar surface area (TPSA) is 84.9 Å². The molecule has 2 unspecified atom stereocenters. The first-order valence-corrected chi connectivity index (χ1v) is 11.7. The van der Waals surface area contributed by atoms with E-state index < -0.39 is 5.60 Å². The Morgan fingerprint density at radius 3 is 2.34 bits per heavy atom. The van der Waals surface area contributed by atoms with Crippen LogP contribution in [-0.4, -0.2) is 48.4 Å². The van der Waals surface area contributed by atoms with E-state index in [4.69, 9.17) is 9.47 Å². The number of nitrogens with one attached hydrogen (secondary N) is 1. The molecule has 0 aromatic rings. The third-order valence-electron chi connectivity index (χ3n) is 6.01. The SMILES string of the molecule is CCOC(=O)CCCCCCC(NCCC(C)(O)C1CCCCC1)C(=O)OCC. The lowest BCUT2D eigenvalue weighted by atomic mass is 9.76. The smallest absolute Gasteiger partial charge is 0.323 e. The van der Waals surface area contributed by atoms with E-state index in [1.54, 1.807) is 0 Å². The predicted octanol–water partition coefficient (Wildman–Crippen LogP) is 4.13. The average molecular weight is 414 g/mol. The molecule has 1 rings (SSSR count). The Hall–Kier alpha value is -1.14. The number of esters is 2. The van der Waals surface area contributed by atoms with Crippen LogP contribution in [0.3, 0.4) is 0 Å². The summed E-state index contributed by atoms with van der Waals surface area (Å²) in [5, 5.41) is 14.2. The first-order valence-electron chi connectivity index (χ1n) is 11.7. The van der Waals surface area contributed by atoms with Gasteiger partial charge in [0.25, 0.3) is 0 Å². The van der Waals surface area contributed by atoms with E-state index in [9.17, 15) is 14.7 Å². The number of hydrogen-bond acceptors (Lipinski definition) is 6. The van der Waals surface area contributed by atoms with Gasteiger partial charge in [-0.1, -0.05) is 38.5 Å². The van der Waals surface area contributed by atoms with E-state index in [0.29, 0.717) is 44.9 Å². The van der Waals surface area contributed by atoms with E-state index in [1.807, 2.05) is 20.8 Å². The summed E-state index contributed by atoms with van der Waals surface area (Å²) in [6.45, 7) is 6.98. The molecule has 0 amide bonds. The maximum atomic E-state index is 12.3. The molecule has 0 aromatic heterocycles. The molecule has 1 fully saturated rings. The zero-order valence-electron chi connectivity index (χ0n) is 18.8. The number of aliphatic hydroxyl groups is 1. The second-order valence-corrected chi connectivity index (χ2v) is 8.46. The molecule has 1 aliphatic carbocycles. The summed E-state index contributed by atoms with van der Waals surface area (Å²) in [7, 11) is 0.